The minimum atomic E-state index is -0.313. The van der Waals surface area contributed by atoms with Crippen molar-refractivity contribution in [2.75, 3.05) is 6.54 Å². The van der Waals surface area contributed by atoms with E-state index in [0.717, 1.165) is 11.4 Å². The smallest absolute Gasteiger partial charge is 0.225 e. The van der Waals surface area contributed by atoms with Gasteiger partial charge in [0.2, 0.25) is 5.91 Å². The molecule has 1 aromatic heterocycles. The monoisotopic (exact) mass is 355 g/mol. The highest BCUT2D eigenvalue weighted by molar-refractivity contribution is 5.99. The van der Waals surface area contributed by atoms with Crippen LogP contribution >= 0.6 is 0 Å². The second-order valence-electron chi connectivity index (χ2n) is 6.65. The molecule has 6 heteroatoms. The van der Waals surface area contributed by atoms with Crippen LogP contribution in [0.15, 0.2) is 53.8 Å². The molecule has 0 fully saturated rings. The van der Waals surface area contributed by atoms with Crippen molar-refractivity contribution in [2.45, 2.75) is 32.9 Å². The van der Waals surface area contributed by atoms with Crippen LogP contribution in [-0.2, 0) is 16.2 Å². The number of carbonyl (C=O) groups excluding carboxylic acids is 1. The molecule has 1 aromatic carbocycles. The van der Waals surface area contributed by atoms with Gasteiger partial charge in [-0.1, -0.05) is 43.3 Å². The number of oxime groups is 1. The highest BCUT2D eigenvalue weighted by Gasteiger charge is 2.28. The third-order valence-electron chi connectivity index (χ3n) is 4.24. The Morgan fingerprint density at radius 1 is 1.27 bits per heavy atom. The lowest BCUT2D eigenvalue weighted by Gasteiger charge is -2.26. The van der Waals surface area contributed by atoms with Crippen LogP contribution in [0.1, 0.15) is 31.5 Å². The molecule has 0 aliphatic carbocycles. The normalized spacial score (nSPS) is 16.3. The molecule has 5 nitrogen and oxygen atoms in total. The van der Waals surface area contributed by atoms with Crippen molar-refractivity contribution >= 4 is 11.6 Å². The number of rotatable bonds is 6. The summed E-state index contributed by atoms with van der Waals surface area (Å²) >= 11 is 0. The number of pyridine rings is 1. The number of halogens is 1. The minimum absolute atomic E-state index is 0.0388. The molecule has 0 bridgehead atoms. The molecule has 0 saturated carbocycles. The Bertz CT molecular complexity index is 793. The van der Waals surface area contributed by atoms with Crippen LogP contribution < -0.4 is 0 Å². The zero-order valence-corrected chi connectivity index (χ0v) is 14.9. The SMILES string of the molecule is CC(C)C(=O)N(Cc1ccccc1F)CC1CC(c2ccccn2)=NO1. The Kier molecular flexibility index (Phi) is 5.61. The molecule has 136 valence electrons. The Labute approximate surface area is 152 Å². The van der Waals surface area contributed by atoms with Gasteiger partial charge in [0.25, 0.3) is 0 Å². The molecule has 3 rings (SSSR count). The van der Waals surface area contributed by atoms with E-state index in [-0.39, 0.29) is 30.3 Å². The van der Waals surface area contributed by atoms with E-state index in [1.165, 1.54) is 6.07 Å². The van der Waals surface area contributed by atoms with Crippen molar-refractivity contribution < 1.29 is 14.0 Å². The third-order valence-corrected chi connectivity index (χ3v) is 4.24. The van der Waals surface area contributed by atoms with Crippen molar-refractivity contribution in [3.8, 4) is 0 Å². The number of carbonyl (C=O) groups is 1. The van der Waals surface area contributed by atoms with E-state index >= 15 is 0 Å². The average molecular weight is 355 g/mol. The van der Waals surface area contributed by atoms with Crippen LogP contribution in [0.5, 0.6) is 0 Å². The Balaban J connectivity index is 1.69. The van der Waals surface area contributed by atoms with Gasteiger partial charge in [-0.05, 0) is 18.2 Å². The fourth-order valence-electron chi connectivity index (χ4n) is 2.89. The van der Waals surface area contributed by atoms with Gasteiger partial charge in [0.05, 0.1) is 12.2 Å². The first kappa shape index (κ1) is 18.0. The van der Waals surface area contributed by atoms with Crippen LogP contribution in [0.2, 0.25) is 0 Å². The zero-order chi connectivity index (χ0) is 18.5. The molecule has 26 heavy (non-hydrogen) atoms. The molecule has 1 atom stereocenters. The van der Waals surface area contributed by atoms with Crippen molar-refractivity contribution in [3.05, 3.63) is 65.7 Å². The Morgan fingerprint density at radius 2 is 2.04 bits per heavy atom. The van der Waals surface area contributed by atoms with E-state index in [1.54, 1.807) is 29.3 Å². The van der Waals surface area contributed by atoms with Gasteiger partial charge in [0.15, 0.2) is 6.10 Å². The van der Waals surface area contributed by atoms with Gasteiger partial charge >= 0.3 is 0 Å². The maximum atomic E-state index is 14.0. The van der Waals surface area contributed by atoms with Gasteiger partial charge in [0.1, 0.15) is 11.5 Å². The first-order chi connectivity index (χ1) is 12.5. The number of amides is 1. The standard InChI is InChI=1S/C20H22FN3O2/c1-14(2)20(25)24(12-15-7-3-4-8-17(15)21)13-16-11-19(23-26-16)18-9-5-6-10-22-18/h3-10,14,16H,11-13H2,1-2H3. The molecule has 1 aliphatic heterocycles. The zero-order valence-electron chi connectivity index (χ0n) is 14.9. The minimum Gasteiger partial charge on any atom is -0.390 e. The van der Waals surface area contributed by atoms with Gasteiger partial charge in [-0.15, -0.1) is 0 Å². The molecule has 1 amide bonds. The van der Waals surface area contributed by atoms with E-state index in [0.29, 0.717) is 18.5 Å². The number of nitrogens with zero attached hydrogens (tertiary/aromatic N) is 3. The number of benzene rings is 1. The fourth-order valence-corrected chi connectivity index (χ4v) is 2.89. The van der Waals surface area contributed by atoms with Crippen LogP contribution in [0.4, 0.5) is 4.39 Å². The van der Waals surface area contributed by atoms with Crippen LogP contribution in [-0.4, -0.2) is 34.2 Å². The predicted molar refractivity (Wildman–Crippen MR) is 96.9 cm³/mol. The summed E-state index contributed by atoms with van der Waals surface area (Å²) in [5.74, 6) is -0.533. The second kappa shape index (κ2) is 8.08. The Hall–Kier alpha value is -2.76. The van der Waals surface area contributed by atoms with Crippen molar-refractivity contribution in [1.29, 1.82) is 0 Å². The van der Waals surface area contributed by atoms with Crippen molar-refractivity contribution in [3.63, 3.8) is 0 Å². The van der Waals surface area contributed by atoms with E-state index < -0.39 is 0 Å². The van der Waals surface area contributed by atoms with Gasteiger partial charge in [-0.3, -0.25) is 9.78 Å². The molecule has 0 saturated heterocycles. The summed E-state index contributed by atoms with van der Waals surface area (Å²) in [6.45, 7) is 4.23. The number of aromatic nitrogens is 1. The lowest BCUT2D eigenvalue weighted by molar-refractivity contribution is -0.137. The molecule has 1 unspecified atom stereocenters. The number of hydrogen-bond acceptors (Lipinski definition) is 4. The predicted octanol–water partition coefficient (Wildman–Crippen LogP) is 3.40. The van der Waals surface area contributed by atoms with E-state index in [1.807, 2.05) is 32.0 Å². The maximum Gasteiger partial charge on any atom is 0.225 e. The first-order valence-corrected chi connectivity index (χ1v) is 8.71. The molecular formula is C20H22FN3O2. The van der Waals surface area contributed by atoms with Crippen LogP contribution in [0.25, 0.3) is 0 Å². The lowest BCUT2D eigenvalue weighted by atomic mass is 10.1. The average Bonchev–Trinajstić information content (AvgIpc) is 3.11. The second-order valence-corrected chi connectivity index (χ2v) is 6.65. The highest BCUT2D eigenvalue weighted by Crippen LogP contribution is 2.19. The summed E-state index contributed by atoms with van der Waals surface area (Å²) < 4.78 is 14.0. The molecule has 0 radical (unpaired) electrons. The fraction of sp³-hybridized carbons (Fsp3) is 0.350. The highest BCUT2D eigenvalue weighted by atomic mass is 19.1. The topological polar surface area (TPSA) is 54.8 Å². The van der Waals surface area contributed by atoms with Gasteiger partial charge in [-0.25, -0.2) is 4.39 Å². The first-order valence-electron chi connectivity index (χ1n) is 8.71. The lowest BCUT2D eigenvalue weighted by Crippen LogP contribution is -2.39. The molecule has 1 aliphatic rings. The van der Waals surface area contributed by atoms with Crippen molar-refractivity contribution in [2.24, 2.45) is 11.1 Å². The molecule has 2 aromatic rings. The maximum absolute atomic E-state index is 14.0. The molecular weight excluding hydrogens is 333 g/mol. The third kappa shape index (κ3) is 4.25. The molecule has 0 N–H and O–H groups in total. The summed E-state index contributed by atoms with van der Waals surface area (Å²) in [5, 5.41) is 4.11. The van der Waals surface area contributed by atoms with E-state index in [2.05, 4.69) is 10.1 Å². The quantitative estimate of drug-likeness (QED) is 0.798. The van der Waals surface area contributed by atoms with Gasteiger partial charge < -0.3 is 9.74 Å². The molecule has 2 heterocycles. The van der Waals surface area contributed by atoms with E-state index in [4.69, 9.17) is 4.84 Å². The Morgan fingerprint density at radius 3 is 2.73 bits per heavy atom. The summed E-state index contributed by atoms with van der Waals surface area (Å²) in [4.78, 5) is 24.0. The van der Waals surface area contributed by atoms with E-state index in [9.17, 15) is 9.18 Å². The van der Waals surface area contributed by atoms with Gasteiger partial charge in [-0.2, -0.15) is 0 Å². The summed E-state index contributed by atoms with van der Waals surface area (Å²) in [6, 6.07) is 12.1. The largest absolute Gasteiger partial charge is 0.390 e. The summed E-state index contributed by atoms with van der Waals surface area (Å²) in [7, 11) is 0. The van der Waals surface area contributed by atoms with Crippen LogP contribution in [0, 0.1) is 11.7 Å². The number of hydrogen-bond donors (Lipinski definition) is 0. The summed E-state index contributed by atoms with van der Waals surface area (Å²) in [5.41, 5.74) is 2.02. The molecule has 0 spiro atoms. The summed E-state index contributed by atoms with van der Waals surface area (Å²) in [6.07, 6.45) is 2.01. The van der Waals surface area contributed by atoms with Crippen molar-refractivity contribution in [1.82, 2.24) is 9.88 Å². The van der Waals surface area contributed by atoms with Crippen LogP contribution in [0.3, 0.4) is 0 Å². The van der Waals surface area contributed by atoms with Gasteiger partial charge in [0, 0.05) is 30.6 Å².